The monoisotopic (exact) mass is 272 g/mol. The molecule has 0 aliphatic heterocycles. The summed E-state index contributed by atoms with van der Waals surface area (Å²) in [5, 5.41) is 3.60. The van der Waals surface area contributed by atoms with E-state index in [4.69, 9.17) is 0 Å². The van der Waals surface area contributed by atoms with Gasteiger partial charge in [-0.1, -0.05) is 13.8 Å². The summed E-state index contributed by atoms with van der Waals surface area (Å²) in [5.74, 6) is 0. The van der Waals surface area contributed by atoms with Crippen LogP contribution < -0.4 is 5.32 Å². The number of thiazole rings is 1. The topological polar surface area (TPSA) is 24.9 Å². The summed E-state index contributed by atoms with van der Waals surface area (Å²) >= 11 is 3.76. The number of aryl methyl sites for hydroxylation is 1. The van der Waals surface area contributed by atoms with Crippen LogP contribution in [-0.4, -0.2) is 29.1 Å². The van der Waals surface area contributed by atoms with Crippen molar-refractivity contribution in [3.63, 3.8) is 0 Å². The Morgan fingerprint density at radius 3 is 2.59 bits per heavy atom. The second kappa shape index (κ2) is 7.39. The van der Waals surface area contributed by atoms with E-state index in [0.29, 0.717) is 4.75 Å². The average Bonchev–Trinajstić information content (AvgIpc) is 2.76. The van der Waals surface area contributed by atoms with E-state index in [9.17, 15) is 0 Å². The van der Waals surface area contributed by atoms with Crippen molar-refractivity contribution >= 4 is 23.1 Å². The van der Waals surface area contributed by atoms with E-state index in [2.05, 4.69) is 37.3 Å². The number of rotatable bonds is 8. The molecule has 0 radical (unpaired) electrons. The molecule has 1 aromatic heterocycles. The molecular weight excluding hydrogens is 248 g/mol. The molecule has 0 aliphatic rings. The Morgan fingerprint density at radius 1 is 1.41 bits per heavy atom. The van der Waals surface area contributed by atoms with Crippen LogP contribution in [0, 0.1) is 6.92 Å². The molecule has 1 rings (SSSR count). The highest BCUT2D eigenvalue weighted by Crippen LogP contribution is 2.29. The zero-order valence-electron chi connectivity index (χ0n) is 11.4. The van der Waals surface area contributed by atoms with Crippen LogP contribution in [0.15, 0.2) is 5.51 Å². The van der Waals surface area contributed by atoms with E-state index < -0.39 is 0 Å². The maximum atomic E-state index is 4.28. The highest BCUT2D eigenvalue weighted by Gasteiger charge is 2.23. The van der Waals surface area contributed by atoms with Crippen molar-refractivity contribution in [2.24, 2.45) is 0 Å². The quantitative estimate of drug-likeness (QED) is 0.733. The maximum Gasteiger partial charge on any atom is 0.0797 e. The standard InChI is InChI=1S/C13H24N2S2/c1-5-13(6-2,16-4)9-14-8-7-12-11(3)15-10-17-12/h10,14H,5-9H2,1-4H3. The summed E-state index contributed by atoms with van der Waals surface area (Å²) in [6, 6.07) is 0. The predicted molar refractivity (Wildman–Crippen MR) is 80.3 cm³/mol. The molecule has 0 spiro atoms. The molecule has 0 saturated heterocycles. The van der Waals surface area contributed by atoms with Crippen molar-refractivity contribution in [1.29, 1.82) is 0 Å². The van der Waals surface area contributed by atoms with Gasteiger partial charge in [-0.15, -0.1) is 11.3 Å². The minimum absolute atomic E-state index is 0.419. The summed E-state index contributed by atoms with van der Waals surface area (Å²) in [7, 11) is 0. The lowest BCUT2D eigenvalue weighted by atomic mass is 10.0. The van der Waals surface area contributed by atoms with Crippen molar-refractivity contribution < 1.29 is 0 Å². The molecule has 0 saturated carbocycles. The molecule has 0 aromatic carbocycles. The minimum atomic E-state index is 0.419. The lowest BCUT2D eigenvalue weighted by Gasteiger charge is -2.30. The number of aromatic nitrogens is 1. The first kappa shape index (κ1) is 15.0. The van der Waals surface area contributed by atoms with Crippen LogP contribution in [0.1, 0.15) is 37.3 Å². The zero-order valence-corrected chi connectivity index (χ0v) is 13.0. The third-order valence-corrected chi connectivity index (χ3v) is 6.13. The Kier molecular flexibility index (Phi) is 6.52. The molecule has 0 bridgehead atoms. The normalized spacial score (nSPS) is 12.0. The Morgan fingerprint density at radius 2 is 2.12 bits per heavy atom. The van der Waals surface area contributed by atoms with Gasteiger partial charge in [-0.3, -0.25) is 0 Å². The van der Waals surface area contributed by atoms with Gasteiger partial charge in [0.2, 0.25) is 0 Å². The van der Waals surface area contributed by atoms with Gasteiger partial charge in [-0.05, 0) is 32.4 Å². The predicted octanol–water partition coefficient (Wildman–Crippen LogP) is 3.51. The lowest BCUT2D eigenvalue weighted by molar-refractivity contribution is 0.497. The van der Waals surface area contributed by atoms with E-state index in [1.54, 1.807) is 11.3 Å². The van der Waals surface area contributed by atoms with Crippen LogP contribution in [0.2, 0.25) is 0 Å². The molecule has 0 fully saturated rings. The number of hydrogen-bond donors (Lipinski definition) is 1. The molecular formula is C13H24N2S2. The molecule has 17 heavy (non-hydrogen) atoms. The van der Waals surface area contributed by atoms with Crippen LogP contribution in [0.3, 0.4) is 0 Å². The second-order valence-electron chi connectivity index (χ2n) is 4.38. The Balaban J connectivity index is 2.30. The molecule has 4 heteroatoms. The Bertz CT molecular complexity index is 311. The number of nitrogens with zero attached hydrogens (tertiary/aromatic N) is 1. The van der Waals surface area contributed by atoms with Crippen LogP contribution in [0.25, 0.3) is 0 Å². The zero-order chi connectivity index (χ0) is 12.7. The summed E-state index contributed by atoms with van der Waals surface area (Å²) in [5.41, 5.74) is 3.13. The minimum Gasteiger partial charge on any atom is -0.315 e. The first-order valence-corrected chi connectivity index (χ1v) is 8.42. The van der Waals surface area contributed by atoms with Gasteiger partial charge >= 0.3 is 0 Å². The van der Waals surface area contributed by atoms with Crippen molar-refractivity contribution in [1.82, 2.24) is 10.3 Å². The van der Waals surface area contributed by atoms with E-state index in [1.165, 1.54) is 23.4 Å². The molecule has 2 nitrogen and oxygen atoms in total. The fraction of sp³-hybridized carbons (Fsp3) is 0.769. The Hall–Kier alpha value is -0.0600. The van der Waals surface area contributed by atoms with Crippen LogP contribution in [0.4, 0.5) is 0 Å². The molecule has 1 heterocycles. The summed E-state index contributed by atoms with van der Waals surface area (Å²) < 4.78 is 0.419. The number of hydrogen-bond acceptors (Lipinski definition) is 4. The van der Waals surface area contributed by atoms with E-state index >= 15 is 0 Å². The van der Waals surface area contributed by atoms with Crippen LogP contribution >= 0.6 is 23.1 Å². The van der Waals surface area contributed by atoms with Gasteiger partial charge < -0.3 is 5.32 Å². The fourth-order valence-corrected chi connectivity index (χ4v) is 3.55. The second-order valence-corrected chi connectivity index (χ2v) is 6.60. The molecule has 1 aromatic rings. The van der Waals surface area contributed by atoms with Crippen LogP contribution in [-0.2, 0) is 6.42 Å². The molecule has 0 atom stereocenters. The summed E-state index contributed by atoms with van der Waals surface area (Å²) in [4.78, 5) is 5.70. The maximum absolute atomic E-state index is 4.28. The van der Waals surface area contributed by atoms with Crippen molar-refractivity contribution in [2.75, 3.05) is 19.3 Å². The van der Waals surface area contributed by atoms with E-state index in [1.807, 2.05) is 17.3 Å². The first-order valence-electron chi connectivity index (χ1n) is 6.32. The number of thioether (sulfide) groups is 1. The molecule has 98 valence electrons. The SMILES string of the molecule is CCC(CC)(CNCCc1scnc1C)SC. The smallest absolute Gasteiger partial charge is 0.0797 e. The van der Waals surface area contributed by atoms with Gasteiger partial charge in [0, 0.05) is 22.7 Å². The first-order chi connectivity index (χ1) is 8.17. The molecule has 1 N–H and O–H groups in total. The highest BCUT2D eigenvalue weighted by atomic mass is 32.2. The van der Waals surface area contributed by atoms with Gasteiger partial charge in [0.25, 0.3) is 0 Å². The van der Waals surface area contributed by atoms with E-state index in [0.717, 1.165) is 19.5 Å². The summed E-state index contributed by atoms with van der Waals surface area (Å²) in [6.07, 6.45) is 5.80. The van der Waals surface area contributed by atoms with Crippen molar-refractivity contribution in [2.45, 2.75) is 44.8 Å². The lowest BCUT2D eigenvalue weighted by Crippen LogP contribution is -2.37. The van der Waals surface area contributed by atoms with Crippen molar-refractivity contribution in [3.8, 4) is 0 Å². The van der Waals surface area contributed by atoms with Gasteiger partial charge in [0.1, 0.15) is 0 Å². The Labute approximate surface area is 114 Å². The third-order valence-electron chi connectivity index (χ3n) is 3.54. The third kappa shape index (κ3) is 4.27. The van der Waals surface area contributed by atoms with Crippen molar-refractivity contribution in [3.05, 3.63) is 16.1 Å². The van der Waals surface area contributed by atoms with Crippen LogP contribution in [0.5, 0.6) is 0 Å². The largest absolute Gasteiger partial charge is 0.315 e. The number of nitrogens with one attached hydrogen (secondary N) is 1. The van der Waals surface area contributed by atoms with Gasteiger partial charge in [0.05, 0.1) is 11.2 Å². The average molecular weight is 272 g/mol. The summed E-state index contributed by atoms with van der Waals surface area (Å²) in [6.45, 7) is 8.84. The fourth-order valence-electron chi connectivity index (χ4n) is 1.95. The van der Waals surface area contributed by atoms with Gasteiger partial charge in [-0.2, -0.15) is 11.8 Å². The molecule has 0 aliphatic carbocycles. The highest BCUT2D eigenvalue weighted by molar-refractivity contribution is 8.00. The molecule has 0 amide bonds. The van der Waals surface area contributed by atoms with E-state index in [-0.39, 0.29) is 0 Å². The molecule has 0 unspecified atom stereocenters. The van der Waals surface area contributed by atoms with Gasteiger partial charge in [0.15, 0.2) is 0 Å². The van der Waals surface area contributed by atoms with Gasteiger partial charge in [-0.25, -0.2) is 4.98 Å².